The van der Waals surface area contributed by atoms with Crippen LogP contribution < -0.4 is 10.6 Å². The second kappa shape index (κ2) is 9.89. The maximum atomic E-state index is 14.0. The number of hydrogen-bond donors (Lipinski definition) is 2. The van der Waals surface area contributed by atoms with Crippen molar-refractivity contribution in [2.75, 3.05) is 11.5 Å². The third-order valence-corrected chi connectivity index (χ3v) is 8.85. The summed E-state index contributed by atoms with van der Waals surface area (Å²) < 4.78 is 81.9. The first-order chi connectivity index (χ1) is 17.3. The van der Waals surface area contributed by atoms with Gasteiger partial charge in [0.1, 0.15) is 23.4 Å². The Balaban J connectivity index is 1.60. The average molecular weight is 558 g/mol. The highest BCUT2D eigenvalue weighted by Gasteiger charge is 2.51. The molecule has 0 radical (unpaired) electrons. The summed E-state index contributed by atoms with van der Waals surface area (Å²) in [7, 11) is -4.07. The van der Waals surface area contributed by atoms with Crippen LogP contribution in [0.1, 0.15) is 42.9 Å². The Morgan fingerprint density at radius 3 is 2.14 bits per heavy atom. The maximum absolute atomic E-state index is 14.0. The van der Waals surface area contributed by atoms with Crippen molar-refractivity contribution in [1.29, 1.82) is 5.26 Å². The third kappa shape index (κ3) is 6.61. The standard InChI is InChI=1S/C25H24ClF4N3O3S/c26-18-5-3-17(4-6-18)23(9-10-23)15-37(35,36)13-20(22(34)33-24(14-31)11-12-24)32-21(25(28,29)30)16-1-7-19(27)8-2-16/h1-8,20-21,32H,9-13,15H2,(H,33,34)/t20-,21-/m0/s1. The summed E-state index contributed by atoms with van der Waals surface area (Å²) in [5.74, 6) is -3.04. The van der Waals surface area contributed by atoms with Gasteiger partial charge in [-0.05, 0) is 61.1 Å². The molecule has 0 bridgehead atoms. The fraction of sp³-hybridized carbons (Fsp3) is 0.440. The Kier molecular flexibility index (Phi) is 7.31. The number of amides is 1. The molecule has 2 aromatic rings. The zero-order valence-corrected chi connectivity index (χ0v) is 21.1. The van der Waals surface area contributed by atoms with E-state index < -0.39 is 56.5 Å². The summed E-state index contributed by atoms with van der Waals surface area (Å²) >= 11 is 5.93. The van der Waals surface area contributed by atoms with Crippen LogP contribution in [0.5, 0.6) is 0 Å². The highest BCUT2D eigenvalue weighted by Crippen LogP contribution is 2.49. The molecule has 2 N–H and O–H groups in total. The predicted octanol–water partition coefficient (Wildman–Crippen LogP) is 4.36. The second-order valence-corrected chi connectivity index (χ2v) is 12.3. The smallest absolute Gasteiger partial charge is 0.336 e. The van der Waals surface area contributed by atoms with Crippen LogP contribution in [0.25, 0.3) is 0 Å². The van der Waals surface area contributed by atoms with Crippen LogP contribution in [0, 0.1) is 17.1 Å². The minimum Gasteiger partial charge on any atom is -0.336 e. The molecule has 1 amide bonds. The molecule has 12 heteroatoms. The fourth-order valence-corrected chi connectivity index (χ4v) is 6.65. The molecule has 2 aliphatic rings. The molecule has 0 spiro atoms. The monoisotopic (exact) mass is 557 g/mol. The Morgan fingerprint density at radius 1 is 1.05 bits per heavy atom. The van der Waals surface area contributed by atoms with Crippen molar-refractivity contribution in [3.63, 3.8) is 0 Å². The van der Waals surface area contributed by atoms with Crippen LogP contribution in [-0.4, -0.2) is 43.6 Å². The molecule has 2 aromatic carbocycles. The fourth-order valence-electron chi connectivity index (χ4n) is 4.35. The quantitative estimate of drug-likeness (QED) is 0.423. The van der Waals surface area contributed by atoms with E-state index in [1.54, 1.807) is 24.3 Å². The lowest BCUT2D eigenvalue weighted by atomic mass is 9.98. The van der Waals surface area contributed by atoms with Crippen LogP contribution in [0.3, 0.4) is 0 Å². The molecule has 0 saturated heterocycles. The van der Waals surface area contributed by atoms with Gasteiger partial charge in [0.05, 0.1) is 17.6 Å². The van der Waals surface area contributed by atoms with E-state index in [1.807, 2.05) is 6.07 Å². The Hall–Kier alpha value is -2.68. The number of nitrogens with one attached hydrogen (secondary N) is 2. The number of nitriles is 1. The van der Waals surface area contributed by atoms with Gasteiger partial charge in [-0.15, -0.1) is 0 Å². The topological polar surface area (TPSA) is 99.1 Å². The highest BCUT2D eigenvalue weighted by atomic mass is 35.5. The predicted molar refractivity (Wildman–Crippen MR) is 129 cm³/mol. The van der Waals surface area contributed by atoms with Crippen molar-refractivity contribution < 1.29 is 30.8 Å². The van der Waals surface area contributed by atoms with Gasteiger partial charge in [0, 0.05) is 10.4 Å². The molecule has 0 aliphatic heterocycles. The summed E-state index contributed by atoms with van der Waals surface area (Å²) in [6, 6.07) is 7.88. The van der Waals surface area contributed by atoms with Crippen molar-refractivity contribution in [2.45, 2.75) is 54.9 Å². The minimum absolute atomic E-state index is 0.315. The van der Waals surface area contributed by atoms with Crippen molar-refractivity contribution >= 4 is 27.3 Å². The lowest BCUT2D eigenvalue weighted by molar-refractivity contribution is -0.160. The molecule has 0 heterocycles. The van der Waals surface area contributed by atoms with E-state index in [4.69, 9.17) is 11.6 Å². The normalized spacial score (nSPS) is 19.4. The molecule has 2 atom stereocenters. The summed E-state index contributed by atoms with van der Waals surface area (Å²) in [5.41, 5.74) is -1.55. The number of nitrogens with zero attached hydrogens (tertiary/aromatic N) is 1. The van der Waals surface area contributed by atoms with Crippen LogP contribution in [-0.2, 0) is 20.0 Å². The van der Waals surface area contributed by atoms with E-state index in [9.17, 15) is 36.0 Å². The zero-order chi connectivity index (χ0) is 27.1. The van der Waals surface area contributed by atoms with Gasteiger partial charge in [-0.3, -0.25) is 10.1 Å². The number of carbonyl (C=O) groups excluding carboxylic acids is 1. The largest absolute Gasteiger partial charge is 0.407 e. The minimum atomic E-state index is -4.92. The van der Waals surface area contributed by atoms with Crippen LogP contribution >= 0.6 is 11.6 Å². The van der Waals surface area contributed by atoms with Gasteiger partial charge in [0.25, 0.3) is 0 Å². The number of sulfone groups is 1. The van der Waals surface area contributed by atoms with E-state index in [1.165, 1.54) is 0 Å². The van der Waals surface area contributed by atoms with E-state index >= 15 is 0 Å². The first-order valence-electron chi connectivity index (χ1n) is 11.5. The molecule has 4 rings (SSSR count). The molecule has 6 nitrogen and oxygen atoms in total. The van der Waals surface area contributed by atoms with Gasteiger partial charge >= 0.3 is 6.18 Å². The van der Waals surface area contributed by atoms with E-state index in [-0.39, 0.29) is 11.3 Å². The molecular weight excluding hydrogens is 534 g/mol. The summed E-state index contributed by atoms with van der Waals surface area (Å²) in [4.78, 5) is 13.0. The molecule has 2 fully saturated rings. The molecular formula is C25H24ClF4N3O3S. The number of hydrogen-bond acceptors (Lipinski definition) is 5. The average Bonchev–Trinajstić information content (AvgIpc) is 3.75. The maximum Gasteiger partial charge on any atom is 0.407 e. The summed E-state index contributed by atoms with van der Waals surface area (Å²) in [6.45, 7) is 0. The van der Waals surface area contributed by atoms with Crippen molar-refractivity contribution in [3.05, 3.63) is 70.5 Å². The van der Waals surface area contributed by atoms with Gasteiger partial charge in [-0.2, -0.15) is 18.4 Å². The third-order valence-electron chi connectivity index (χ3n) is 6.77. The molecule has 2 aliphatic carbocycles. The van der Waals surface area contributed by atoms with Crippen molar-refractivity contribution in [2.24, 2.45) is 0 Å². The molecule has 0 aromatic heterocycles. The molecule has 37 heavy (non-hydrogen) atoms. The SMILES string of the molecule is N#CC1(NC(=O)[C@H](CS(=O)(=O)CC2(c3ccc(Cl)cc3)CC2)N[C@@H](c2ccc(F)cc2)C(F)(F)F)CC1. The van der Waals surface area contributed by atoms with Gasteiger partial charge < -0.3 is 5.32 Å². The van der Waals surface area contributed by atoms with E-state index in [0.717, 1.165) is 29.8 Å². The van der Waals surface area contributed by atoms with Crippen LogP contribution in [0.2, 0.25) is 5.02 Å². The first kappa shape index (κ1) is 27.4. The first-order valence-corrected chi connectivity index (χ1v) is 13.7. The number of rotatable bonds is 10. The van der Waals surface area contributed by atoms with Crippen molar-refractivity contribution in [3.8, 4) is 6.07 Å². The highest BCUT2D eigenvalue weighted by molar-refractivity contribution is 7.91. The molecule has 2 saturated carbocycles. The second-order valence-electron chi connectivity index (χ2n) is 9.77. The Labute approximate surface area is 216 Å². The molecule has 0 unspecified atom stereocenters. The van der Waals surface area contributed by atoms with Crippen LogP contribution in [0.15, 0.2) is 48.5 Å². The van der Waals surface area contributed by atoms with Gasteiger partial charge in [-0.1, -0.05) is 35.9 Å². The Bertz CT molecular complexity index is 1300. The lowest BCUT2D eigenvalue weighted by Gasteiger charge is -2.28. The van der Waals surface area contributed by atoms with E-state index in [2.05, 4.69) is 10.6 Å². The zero-order valence-electron chi connectivity index (χ0n) is 19.5. The van der Waals surface area contributed by atoms with Crippen LogP contribution in [0.4, 0.5) is 17.6 Å². The summed E-state index contributed by atoms with van der Waals surface area (Å²) in [5, 5.41) is 14.3. The summed E-state index contributed by atoms with van der Waals surface area (Å²) in [6.07, 6.45) is -3.16. The van der Waals surface area contributed by atoms with Gasteiger partial charge in [0.2, 0.25) is 5.91 Å². The van der Waals surface area contributed by atoms with E-state index in [0.29, 0.717) is 30.7 Å². The number of benzene rings is 2. The van der Waals surface area contributed by atoms with Gasteiger partial charge in [-0.25, -0.2) is 12.8 Å². The number of halogens is 5. The number of carbonyl (C=O) groups is 1. The number of alkyl halides is 3. The van der Waals surface area contributed by atoms with Crippen molar-refractivity contribution in [1.82, 2.24) is 10.6 Å². The molecule has 198 valence electrons. The Morgan fingerprint density at radius 2 is 1.65 bits per heavy atom. The van der Waals surface area contributed by atoms with Gasteiger partial charge in [0.15, 0.2) is 9.84 Å². The lowest BCUT2D eigenvalue weighted by Crippen LogP contribution is -2.54.